The van der Waals surface area contributed by atoms with E-state index >= 15 is 0 Å². The number of aliphatic hydroxyl groups excluding tert-OH is 1. The summed E-state index contributed by atoms with van der Waals surface area (Å²) >= 11 is 0. The summed E-state index contributed by atoms with van der Waals surface area (Å²) in [6.45, 7) is 0.457. The molecule has 0 saturated heterocycles. The van der Waals surface area contributed by atoms with Gasteiger partial charge in [0.05, 0.1) is 23.6 Å². The molecule has 0 spiro atoms. The summed E-state index contributed by atoms with van der Waals surface area (Å²) in [7, 11) is 3.98. The normalized spacial score (nSPS) is 12.0. The fourth-order valence-electron chi connectivity index (χ4n) is 3.53. The average Bonchev–Trinajstić information content (AvgIpc) is 2.80. The zero-order chi connectivity index (χ0) is 21.8. The number of nitrogens with one attached hydrogen (secondary N) is 1. The van der Waals surface area contributed by atoms with E-state index in [0.29, 0.717) is 23.3 Å². The van der Waals surface area contributed by atoms with Crippen molar-refractivity contribution in [3.63, 3.8) is 0 Å². The van der Waals surface area contributed by atoms with Gasteiger partial charge in [0, 0.05) is 37.6 Å². The molecule has 0 radical (unpaired) electrons. The van der Waals surface area contributed by atoms with E-state index in [4.69, 9.17) is 4.98 Å². The highest BCUT2D eigenvalue weighted by Crippen LogP contribution is 2.19. The van der Waals surface area contributed by atoms with Crippen molar-refractivity contribution in [2.24, 2.45) is 0 Å². The molecule has 4 rings (SSSR count). The van der Waals surface area contributed by atoms with Crippen LogP contribution in [0.15, 0.2) is 83.7 Å². The van der Waals surface area contributed by atoms with E-state index in [0.717, 1.165) is 16.9 Å². The summed E-state index contributed by atoms with van der Waals surface area (Å²) in [6, 6.07) is 24.9. The van der Waals surface area contributed by atoms with Gasteiger partial charge in [-0.25, -0.2) is 4.98 Å². The van der Waals surface area contributed by atoms with Crippen LogP contribution in [0.1, 0.15) is 0 Å². The lowest BCUT2D eigenvalue weighted by atomic mass is 10.1. The van der Waals surface area contributed by atoms with Crippen LogP contribution in [-0.2, 0) is 6.54 Å². The molecule has 1 unspecified atom stereocenters. The Morgan fingerprint density at radius 2 is 1.65 bits per heavy atom. The van der Waals surface area contributed by atoms with E-state index in [-0.39, 0.29) is 12.1 Å². The van der Waals surface area contributed by atoms with Gasteiger partial charge in [-0.15, -0.1) is 0 Å². The Balaban J connectivity index is 1.59. The Labute approximate surface area is 181 Å². The number of hydrogen-bond donors (Lipinski definition) is 2. The fraction of sp³-hybridized carbons (Fsp3) is 0.200. The number of hydrogen-bond acceptors (Lipinski definition) is 5. The summed E-state index contributed by atoms with van der Waals surface area (Å²) in [4.78, 5) is 20.0. The molecule has 158 valence electrons. The molecule has 1 atom stereocenters. The number of fused-ring (bicyclic) bond motifs is 1. The van der Waals surface area contributed by atoms with E-state index in [2.05, 4.69) is 5.32 Å². The van der Waals surface area contributed by atoms with Crippen LogP contribution >= 0.6 is 0 Å². The lowest BCUT2D eigenvalue weighted by Gasteiger charge is -2.18. The maximum absolute atomic E-state index is 13.2. The van der Waals surface area contributed by atoms with Crippen molar-refractivity contribution >= 4 is 22.3 Å². The highest BCUT2D eigenvalue weighted by atomic mass is 16.3. The van der Waals surface area contributed by atoms with Crippen molar-refractivity contribution < 1.29 is 5.11 Å². The first-order chi connectivity index (χ1) is 15.0. The van der Waals surface area contributed by atoms with E-state index in [1.54, 1.807) is 10.6 Å². The van der Waals surface area contributed by atoms with Gasteiger partial charge in [-0.1, -0.05) is 42.5 Å². The van der Waals surface area contributed by atoms with Gasteiger partial charge in [0.1, 0.15) is 5.82 Å². The molecule has 0 aliphatic rings. The Kier molecular flexibility index (Phi) is 6.00. The summed E-state index contributed by atoms with van der Waals surface area (Å²) in [5, 5.41) is 14.5. The van der Waals surface area contributed by atoms with Crippen LogP contribution in [0.3, 0.4) is 0 Å². The molecule has 0 amide bonds. The van der Waals surface area contributed by atoms with Crippen molar-refractivity contribution in [3.8, 4) is 11.4 Å². The zero-order valence-corrected chi connectivity index (χ0v) is 17.7. The minimum atomic E-state index is -0.767. The predicted molar refractivity (Wildman–Crippen MR) is 127 cm³/mol. The summed E-state index contributed by atoms with van der Waals surface area (Å²) < 4.78 is 1.57. The molecule has 6 nitrogen and oxygen atoms in total. The third-order valence-electron chi connectivity index (χ3n) is 5.21. The van der Waals surface area contributed by atoms with Gasteiger partial charge in [-0.2, -0.15) is 0 Å². The van der Waals surface area contributed by atoms with Gasteiger partial charge < -0.3 is 15.3 Å². The number of rotatable bonds is 7. The Morgan fingerprint density at radius 3 is 2.35 bits per heavy atom. The van der Waals surface area contributed by atoms with Crippen LogP contribution in [0.25, 0.3) is 22.3 Å². The average molecular weight is 415 g/mol. The maximum atomic E-state index is 13.2. The zero-order valence-electron chi connectivity index (χ0n) is 17.7. The minimum absolute atomic E-state index is 0.143. The molecule has 1 aromatic heterocycles. The van der Waals surface area contributed by atoms with Crippen LogP contribution in [0.4, 0.5) is 11.4 Å². The SMILES string of the molecule is CN(C)c1ccc(NCC(O)Cn2c(-c3ccccc3)nc3ccccc3c2=O)cc1. The van der Waals surface area contributed by atoms with Crippen LogP contribution < -0.4 is 15.8 Å². The van der Waals surface area contributed by atoms with Gasteiger partial charge in [-0.05, 0) is 36.4 Å². The second-order valence-electron chi connectivity index (χ2n) is 7.71. The Bertz CT molecular complexity index is 1220. The van der Waals surface area contributed by atoms with Crippen molar-refractivity contribution in [2.45, 2.75) is 12.6 Å². The Hall–Kier alpha value is -3.64. The molecule has 0 fully saturated rings. The molecule has 0 aliphatic heterocycles. The molecule has 2 N–H and O–H groups in total. The van der Waals surface area contributed by atoms with Crippen molar-refractivity contribution in [3.05, 3.63) is 89.2 Å². The van der Waals surface area contributed by atoms with E-state index in [1.165, 1.54) is 0 Å². The van der Waals surface area contributed by atoms with Gasteiger partial charge >= 0.3 is 0 Å². The topological polar surface area (TPSA) is 70.4 Å². The standard InChI is InChI=1S/C25H26N4O2/c1-28(2)20-14-12-19(13-15-20)26-16-21(30)17-29-24(18-8-4-3-5-9-18)27-23-11-7-6-10-22(23)25(29)31/h3-15,21,26,30H,16-17H2,1-2H3. The van der Waals surface area contributed by atoms with Gasteiger partial charge in [0.25, 0.3) is 5.56 Å². The number of benzene rings is 3. The molecule has 4 aromatic rings. The molecule has 3 aromatic carbocycles. The highest BCUT2D eigenvalue weighted by molar-refractivity contribution is 5.79. The smallest absolute Gasteiger partial charge is 0.261 e. The third kappa shape index (κ3) is 4.59. The molecule has 0 saturated carbocycles. The first-order valence-electron chi connectivity index (χ1n) is 10.3. The number of para-hydroxylation sites is 1. The maximum Gasteiger partial charge on any atom is 0.261 e. The van der Waals surface area contributed by atoms with Gasteiger partial charge in [0.15, 0.2) is 0 Å². The van der Waals surface area contributed by atoms with E-state index in [1.807, 2.05) is 91.8 Å². The molecule has 0 aliphatic carbocycles. The first kappa shape index (κ1) is 20.6. The van der Waals surface area contributed by atoms with Crippen LogP contribution in [-0.4, -0.2) is 41.4 Å². The molecular weight excluding hydrogens is 388 g/mol. The summed E-state index contributed by atoms with van der Waals surface area (Å²) in [5.74, 6) is 0.554. The fourth-order valence-corrected chi connectivity index (χ4v) is 3.53. The largest absolute Gasteiger partial charge is 0.389 e. The van der Waals surface area contributed by atoms with E-state index < -0.39 is 6.10 Å². The molecule has 31 heavy (non-hydrogen) atoms. The van der Waals surface area contributed by atoms with E-state index in [9.17, 15) is 9.90 Å². The monoisotopic (exact) mass is 414 g/mol. The van der Waals surface area contributed by atoms with Crippen LogP contribution in [0, 0.1) is 0 Å². The number of anilines is 2. The summed E-state index contributed by atoms with van der Waals surface area (Å²) in [6.07, 6.45) is -0.767. The second-order valence-corrected chi connectivity index (χ2v) is 7.71. The number of nitrogens with zero attached hydrogens (tertiary/aromatic N) is 3. The first-order valence-corrected chi connectivity index (χ1v) is 10.3. The number of aromatic nitrogens is 2. The number of aliphatic hydroxyl groups is 1. The Morgan fingerprint density at radius 1 is 0.968 bits per heavy atom. The molecule has 1 heterocycles. The van der Waals surface area contributed by atoms with Crippen molar-refractivity contribution in [2.75, 3.05) is 30.9 Å². The van der Waals surface area contributed by atoms with Gasteiger partial charge in [0.2, 0.25) is 0 Å². The third-order valence-corrected chi connectivity index (χ3v) is 5.21. The van der Waals surface area contributed by atoms with Crippen LogP contribution in [0.5, 0.6) is 0 Å². The lowest BCUT2D eigenvalue weighted by molar-refractivity contribution is 0.165. The summed E-state index contributed by atoms with van der Waals surface area (Å²) in [5.41, 5.74) is 3.35. The van der Waals surface area contributed by atoms with Crippen molar-refractivity contribution in [1.82, 2.24) is 9.55 Å². The molecular formula is C25H26N4O2. The second kappa shape index (κ2) is 9.02. The van der Waals surface area contributed by atoms with Gasteiger partial charge in [-0.3, -0.25) is 9.36 Å². The predicted octanol–water partition coefficient (Wildman–Crippen LogP) is 3.60. The van der Waals surface area contributed by atoms with Crippen LogP contribution in [0.2, 0.25) is 0 Å². The lowest BCUT2D eigenvalue weighted by Crippen LogP contribution is -2.32. The molecule has 6 heteroatoms. The quantitative estimate of drug-likeness (QED) is 0.484. The highest BCUT2D eigenvalue weighted by Gasteiger charge is 2.15. The van der Waals surface area contributed by atoms with Crippen molar-refractivity contribution in [1.29, 1.82) is 0 Å². The molecule has 0 bridgehead atoms. The minimum Gasteiger partial charge on any atom is -0.389 e.